The molecule has 0 aromatic carbocycles. The third kappa shape index (κ3) is 2.11. The molecule has 0 unspecified atom stereocenters. The predicted octanol–water partition coefficient (Wildman–Crippen LogP) is 1.09. The normalized spacial score (nSPS) is 30.1. The molecular weight excluding hydrogens is 158 g/mol. The second kappa shape index (κ2) is 3.13. The molecular formula is C6H8F2O3. The Morgan fingerprint density at radius 1 is 1.55 bits per heavy atom. The van der Waals surface area contributed by atoms with E-state index >= 15 is 0 Å². The van der Waals surface area contributed by atoms with Gasteiger partial charge in [0.15, 0.2) is 0 Å². The molecule has 0 aromatic rings. The molecule has 1 rings (SSSR count). The topological polar surface area (TPSA) is 46.5 Å². The molecule has 1 saturated carbocycles. The van der Waals surface area contributed by atoms with Crippen LogP contribution in [-0.4, -0.2) is 23.8 Å². The van der Waals surface area contributed by atoms with Gasteiger partial charge in [0.1, 0.15) is 0 Å². The number of carboxylic acid groups (broad SMARTS) is 1. The molecule has 3 nitrogen and oxygen atoms in total. The molecule has 0 amide bonds. The second-order valence-corrected chi connectivity index (χ2v) is 2.53. The van der Waals surface area contributed by atoms with Crippen LogP contribution < -0.4 is 0 Å². The number of halogens is 2. The van der Waals surface area contributed by atoms with E-state index in [9.17, 15) is 13.6 Å². The summed E-state index contributed by atoms with van der Waals surface area (Å²) in [5.74, 6) is -1.42. The Morgan fingerprint density at radius 3 is 2.45 bits per heavy atom. The first kappa shape index (κ1) is 8.39. The first-order valence-corrected chi connectivity index (χ1v) is 3.26. The molecule has 0 bridgehead atoms. The lowest BCUT2D eigenvalue weighted by atomic mass is 9.82. The molecule has 5 heteroatoms. The van der Waals surface area contributed by atoms with Crippen molar-refractivity contribution in [3.8, 4) is 0 Å². The molecule has 1 aliphatic carbocycles. The maximum atomic E-state index is 11.5. The lowest BCUT2D eigenvalue weighted by molar-refractivity contribution is -0.197. The van der Waals surface area contributed by atoms with E-state index in [2.05, 4.69) is 4.74 Å². The summed E-state index contributed by atoms with van der Waals surface area (Å²) in [5, 5.41) is 8.34. The average molecular weight is 166 g/mol. The van der Waals surface area contributed by atoms with Crippen molar-refractivity contribution in [1.82, 2.24) is 0 Å². The largest absolute Gasteiger partial charge is 0.481 e. The van der Waals surface area contributed by atoms with Crippen molar-refractivity contribution in [2.24, 2.45) is 5.92 Å². The fraction of sp³-hybridized carbons (Fsp3) is 0.833. The number of hydrogen-bond acceptors (Lipinski definition) is 2. The summed E-state index contributed by atoms with van der Waals surface area (Å²) >= 11 is 0. The highest BCUT2D eigenvalue weighted by Crippen LogP contribution is 2.31. The van der Waals surface area contributed by atoms with Gasteiger partial charge in [-0.3, -0.25) is 4.79 Å². The monoisotopic (exact) mass is 166 g/mol. The third-order valence-corrected chi connectivity index (χ3v) is 1.74. The molecule has 0 atom stereocenters. The van der Waals surface area contributed by atoms with Gasteiger partial charge in [0.2, 0.25) is 0 Å². The molecule has 0 spiro atoms. The van der Waals surface area contributed by atoms with E-state index in [4.69, 9.17) is 5.11 Å². The minimum absolute atomic E-state index is 0.208. The smallest absolute Gasteiger partial charge is 0.345 e. The fourth-order valence-corrected chi connectivity index (χ4v) is 1.02. The third-order valence-electron chi connectivity index (χ3n) is 1.74. The minimum Gasteiger partial charge on any atom is -0.481 e. The summed E-state index contributed by atoms with van der Waals surface area (Å²) in [5.41, 5.74) is 0. The molecule has 64 valence electrons. The number of hydrogen-bond donors (Lipinski definition) is 1. The first-order valence-electron chi connectivity index (χ1n) is 3.26. The van der Waals surface area contributed by atoms with Gasteiger partial charge < -0.3 is 9.84 Å². The van der Waals surface area contributed by atoms with E-state index in [1.807, 2.05) is 0 Å². The van der Waals surface area contributed by atoms with Crippen LogP contribution in [0.25, 0.3) is 0 Å². The Morgan fingerprint density at radius 2 is 2.09 bits per heavy atom. The highest BCUT2D eigenvalue weighted by atomic mass is 19.3. The van der Waals surface area contributed by atoms with Gasteiger partial charge in [-0.25, -0.2) is 0 Å². The molecule has 0 radical (unpaired) electrons. The number of carbonyl (C=O) groups is 1. The molecule has 0 saturated heterocycles. The Kier molecular flexibility index (Phi) is 2.38. The van der Waals surface area contributed by atoms with E-state index in [0.717, 1.165) is 0 Å². The van der Waals surface area contributed by atoms with Gasteiger partial charge in [-0.05, 0) is 12.8 Å². The molecule has 1 N–H and O–H groups in total. The van der Waals surface area contributed by atoms with Crippen LogP contribution in [0.4, 0.5) is 8.78 Å². The highest BCUT2D eigenvalue weighted by molar-refractivity contribution is 5.71. The molecule has 1 aliphatic rings. The minimum atomic E-state index is -2.78. The fourth-order valence-electron chi connectivity index (χ4n) is 1.02. The van der Waals surface area contributed by atoms with Crippen LogP contribution in [0.3, 0.4) is 0 Å². The Hall–Kier alpha value is -0.710. The van der Waals surface area contributed by atoms with Crippen molar-refractivity contribution in [2.45, 2.75) is 25.6 Å². The van der Waals surface area contributed by atoms with E-state index in [0.29, 0.717) is 0 Å². The van der Waals surface area contributed by atoms with Crippen LogP contribution in [-0.2, 0) is 9.53 Å². The summed E-state index contributed by atoms with van der Waals surface area (Å²) in [4.78, 5) is 10.2. The van der Waals surface area contributed by atoms with Crippen LogP contribution >= 0.6 is 0 Å². The number of aliphatic carboxylic acids is 1. The number of alkyl halides is 2. The summed E-state index contributed by atoms with van der Waals surface area (Å²) in [6.45, 7) is -2.78. The SMILES string of the molecule is O=C(O)C1CC(OC(F)F)C1. The lowest BCUT2D eigenvalue weighted by Gasteiger charge is -2.31. The van der Waals surface area contributed by atoms with Gasteiger partial charge in [-0.15, -0.1) is 0 Å². The maximum absolute atomic E-state index is 11.5. The first-order chi connectivity index (χ1) is 5.09. The second-order valence-electron chi connectivity index (χ2n) is 2.53. The van der Waals surface area contributed by atoms with Gasteiger partial charge in [0, 0.05) is 0 Å². The standard InChI is InChI=1S/C6H8F2O3/c7-6(8)11-4-1-3(2-4)5(9)10/h3-4,6H,1-2H2,(H,9,10). The Labute approximate surface area is 62.0 Å². The van der Waals surface area contributed by atoms with Crippen molar-refractivity contribution in [2.75, 3.05) is 0 Å². The van der Waals surface area contributed by atoms with Crippen LogP contribution in [0.2, 0.25) is 0 Å². The molecule has 11 heavy (non-hydrogen) atoms. The van der Waals surface area contributed by atoms with Gasteiger partial charge in [-0.2, -0.15) is 8.78 Å². The zero-order valence-corrected chi connectivity index (χ0v) is 5.67. The zero-order chi connectivity index (χ0) is 8.43. The average Bonchev–Trinajstić information content (AvgIpc) is 1.75. The lowest BCUT2D eigenvalue weighted by Crippen LogP contribution is -2.37. The number of carboxylic acids is 1. The van der Waals surface area contributed by atoms with Crippen molar-refractivity contribution >= 4 is 5.97 Å². The summed E-state index contributed by atoms with van der Waals surface area (Å²) in [6.07, 6.45) is -0.143. The van der Waals surface area contributed by atoms with Crippen LogP contribution in [0, 0.1) is 5.92 Å². The van der Waals surface area contributed by atoms with Crippen molar-refractivity contribution in [3.63, 3.8) is 0 Å². The van der Waals surface area contributed by atoms with Crippen molar-refractivity contribution in [3.05, 3.63) is 0 Å². The van der Waals surface area contributed by atoms with Gasteiger partial charge in [-0.1, -0.05) is 0 Å². The van der Waals surface area contributed by atoms with Crippen LogP contribution in [0.15, 0.2) is 0 Å². The predicted molar refractivity (Wildman–Crippen MR) is 31.2 cm³/mol. The molecule has 1 fully saturated rings. The van der Waals surface area contributed by atoms with E-state index in [1.165, 1.54) is 0 Å². The quantitative estimate of drug-likeness (QED) is 0.682. The summed E-state index contributed by atoms with van der Waals surface area (Å²) in [6, 6.07) is 0. The van der Waals surface area contributed by atoms with E-state index in [1.54, 1.807) is 0 Å². The Balaban J connectivity index is 2.14. The van der Waals surface area contributed by atoms with Crippen LogP contribution in [0.5, 0.6) is 0 Å². The van der Waals surface area contributed by atoms with Crippen molar-refractivity contribution in [1.29, 1.82) is 0 Å². The molecule has 0 heterocycles. The highest BCUT2D eigenvalue weighted by Gasteiger charge is 2.36. The molecule has 0 aliphatic heterocycles. The van der Waals surface area contributed by atoms with Crippen molar-refractivity contribution < 1.29 is 23.4 Å². The molecule has 0 aromatic heterocycles. The zero-order valence-electron chi connectivity index (χ0n) is 5.67. The van der Waals surface area contributed by atoms with E-state index in [-0.39, 0.29) is 12.8 Å². The van der Waals surface area contributed by atoms with E-state index < -0.39 is 24.6 Å². The van der Waals surface area contributed by atoms with Gasteiger partial charge in [0.25, 0.3) is 0 Å². The number of rotatable bonds is 3. The Bertz CT molecular complexity index is 154. The maximum Gasteiger partial charge on any atom is 0.345 e. The summed E-state index contributed by atoms with van der Waals surface area (Å²) < 4.78 is 27.0. The van der Waals surface area contributed by atoms with Crippen LogP contribution in [0.1, 0.15) is 12.8 Å². The van der Waals surface area contributed by atoms with Gasteiger partial charge >= 0.3 is 12.6 Å². The number of ether oxygens (including phenoxy) is 1. The summed E-state index contributed by atoms with van der Waals surface area (Å²) in [7, 11) is 0. The van der Waals surface area contributed by atoms with Gasteiger partial charge in [0.05, 0.1) is 12.0 Å².